The number of rotatable bonds is 7. The molecule has 2 unspecified atom stereocenters. The van der Waals surface area contributed by atoms with E-state index in [1.54, 1.807) is 7.11 Å². The van der Waals surface area contributed by atoms with Gasteiger partial charge in [0.05, 0.1) is 6.61 Å². The number of nitrogens with one attached hydrogen (secondary N) is 1. The molecular weight excluding hydrogens is 290 g/mol. The van der Waals surface area contributed by atoms with Crippen molar-refractivity contribution in [2.24, 2.45) is 5.73 Å². The molecule has 5 nitrogen and oxygen atoms in total. The van der Waals surface area contributed by atoms with E-state index in [1.165, 1.54) is 24.8 Å². The van der Waals surface area contributed by atoms with Crippen molar-refractivity contribution in [2.45, 2.75) is 51.4 Å². The third-order valence-electron chi connectivity index (χ3n) is 4.57. The molecule has 5 heteroatoms. The summed E-state index contributed by atoms with van der Waals surface area (Å²) >= 11 is 0. The van der Waals surface area contributed by atoms with Gasteiger partial charge in [0.2, 0.25) is 5.91 Å². The largest absolute Gasteiger partial charge is 0.383 e. The van der Waals surface area contributed by atoms with Crippen LogP contribution in [-0.4, -0.2) is 43.2 Å². The first-order valence-corrected chi connectivity index (χ1v) is 8.45. The highest BCUT2D eigenvalue weighted by Crippen LogP contribution is 2.20. The van der Waals surface area contributed by atoms with Crippen molar-refractivity contribution in [3.8, 4) is 0 Å². The Labute approximate surface area is 139 Å². The van der Waals surface area contributed by atoms with E-state index in [2.05, 4.69) is 35.3 Å². The van der Waals surface area contributed by atoms with Gasteiger partial charge in [-0.3, -0.25) is 9.69 Å². The maximum atomic E-state index is 11.9. The van der Waals surface area contributed by atoms with Crippen LogP contribution in [0, 0.1) is 0 Å². The molecule has 2 rings (SSSR count). The summed E-state index contributed by atoms with van der Waals surface area (Å²) in [6.45, 7) is 5.14. The van der Waals surface area contributed by atoms with Crippen molar-refractivity contribution in [3.63, 3.8) is 0 Å². The molecule has 1 saturated heterocycles. The summed E-state index contributed by atoms with van der Waals surface area (Å²) in [5.74, 6) is -0.173. The molecule has 0 radical (unpaired) electrons. The van der Waals surface area contributed by atoms with Gasteiger partial charge < -0.3 is 15.8 Å². The van der Waals surface area contributed by atoms with Gasteiger partial charge in [0, 0.05) is 26.2 Å². The maximum absolute atomic E-state index is 11.9. The van der Waals surface area contributed by atoms with E-state index in [1.807, 2.05) is 6.07 Å². The molecule has 0 aliphatic carbocycles. The monoisotopic (exact) mass is 319 g/mol. The van der Waals surface area contributed by atoms with E-state index in [9.17, 15) is 4.79 Å². The predicted molar refractivity (Wildman–Crippen MR) is 91.9 cm³/mol. The van der Waals surface area contributed by atoms with Gasteiger partial charge in [-0.2, -0.15) is 0 Å². The van der Waals surface area contributed by atoms with Crippen molar-refractivity contribution < 1.29 is 9.53 Å². The number of likely N-dealkylation sites (tertiary alicyclic amines) is 1. The number of amides is 1. The Morgan fingerprint density at radius 2 is 2.13 bits per heavy atom. The Morgan fingerprint density at radius 3 is 2.83 bits per heavy atom. The molecule has 0 saturated carbocycles. The molecule has 3 N–H and O–H groups in total. The summed E-state index contributed by atoms with van der Waals surface area (Å²) in [7, 11) is 1.54. The lowest BCUT2D eigenvalue weighted by molar-refractivity contribution is -0.123. The number of piperidine rings is 1. The molecule has 0 aromatic heterocycles. The minimum Gasteiger partial charge on any atom is -0.383 e. The Hall–Kier alpha value is -1.43. The van der Waals surface area contributed by atoms with E-state index in [0.29, 0.717) is 12.6 Å². The van der Waals surface area contributed by atoms with Crippen molar-refractivity contribution >= 4 is 5.91 Å². The Kier molecular flexibility index (Phi) is 7.02. The van der Waals surface area contributed by atoms with E-state index in [-0.39, 0.29) is 12.5 Å². The minimum absolute atomic E-state index is 0.173. The fraction of sp³-hybridized carbons (Fsp3) is 0.611. The van der Waals surface area contributed by atoms with Crippen LogP contribution < -0.4 is 11.1 Å². The molecule has 1 aliphatic heterocycles. The summed E-state index contributed by atoms with van der Waals surface area (Å²) in [5, 5.41) is 2.91. The van der Waals surface area contributed by atoms with Crippen LogP contribution in [-0.2, 0) is 22.6 Å². The minimum atomic E-state index is -0.616. The quantitative estimate of drug-likeness (QED) is 0.802. The number of carbonyl (C=O) groups excluding carboxylic acids is 1. The highest BCUT2D eigenvalue weighted by Gasteiger charge is 2.19. The molecule has 128 valence electrons. The van der Waals surface area contributed by atoms with Crippen LogP contribution in [0.1, 0.15) is 37.3 Å². The number of ether oxygens (including phenoxy) is 1. The summed E-state index contributed by atoms with van der Waals surface area (Å²) in [5.41, 5.74) is 8.19. The summed E-state index contributed by atoms with van der Waals surface area (Å²) < 4.78 is 4.92. The van der Waals surface area contributed by atoms with Crippen LogP contribution in [0.4, 0.5) is 0 Å². The standard InChI is InChI=1S/C18H29N3O2/c1-14-7-5-6-10-21(14)12-16-9-4-3-8-15(16)11-20-18(22)17(19)13-23-2/h3-4,8-9,14,17H,5-7,10-13,19H2,1-2H3,(H,20,22). The number of methoxy groups -OCH3 is 1. The number of hydrogen-bond acceptors (Lipinski definition) is 4. The first-order valence-electron chi connectivity index (χ1n) is 8.45. The molecule has 23 heavy (non-hydrogen) atoms. The molecule has 1 amide bonds. The Morgan fingerprint density at radius 1 is 1.39 bits per heavy atom. The normalized spacial score (nSPS) is 20.2. The molecule has 1 fully saturated rings. The second-order valence-electron chi connectivity index (χ2n) is 6.36. The smallest absolute Gasteiger partial charge is 0.239 e. The topological polar surface area (TPSA) is 67.6 Å². The van der Waals surface area contributed by atoms with Gasteiger partial charge in [0.15, 0.2) is 0 Å². The summed E-state index contributed by atoms with van der Waals surface area (Å²) in [6, 6.07) is 8.31. The Bertz CT molecular complexity index is 507. The average Bonchev–Trinajstić information content (AvgIpc) is 2.56. The van der Waals surface area contributed by atoms with Crippen LogP contribution in [0.3, 0.4) is 0 Å². The third-order valence-corrected chi connectivity index (χ3v) is 4.57. The second kappa shape index (κ2) is 9.01. The number of carbonyl (C=O) groups is 1. The lowest BCUT2D eigenvalue weighted by Crippen LogP contribution is -2.43. The number of hydrogen-bond donors (Lipinski definition) is 2. The Balaban J connectivity index is 1.96. The van der Waals surface area contributed by atoms with Gasteiger partial charge in [0.1, 0.15) is 6.04 Å². The second-order valence-corrected chi connectivity index (χ2v) is 6.36. The molecule has 0 spiro atoms. The molecule has 1 heterocycles. The fourth-order valence-electron chi connectivity index (χ4n) is 3.06. The SMILES string of the molecule is COCC(N)C(=O)NCc1ccccc1CN1CCCCC1C. The van der Waals surface area contributed by atoms with E-state index in [4.69, 9.17) is 10.5 Å². The van der Waals surface area contributed by atoms with Crippen LogP contribution >= 0.6 is 0 Å². The van der Waals surface area contributed by atoms with Crippen molar-refractivity contribution in [2.75, 3.05) is 20.3 Å². The zero-order chi connectivity index (χ0) is 16.7. The lowest BCUT2D eigenvalue weighted by Gasteiger charge is -2.33. The van der Waals surface area contributed by atoms with Crippen LogP contribution in [0.2, 0.25) is 0 Å². The first kappa shape index (κ1) is 17.9. The maximum Gasteiger partial charge on any atom is 0.239 e. The zero-order valence-electron chi connectivity index (χ0n) is 14.3. The molecule has 1 aromatic carbocycles. The van der Waals surface area contributed by atoms with Crippen LogP contribution in [0.5, 0.6) is 0 Å². The lowest BCUT2D eigenvalue weighted by atomic mass is 10.0. The van der Waals surface area contributed by atoms with Gasteiger partial charge in [-0.05, 0) is 37.4 Å². The highest BCUT2D eigenvalue weighted by molar-refractivity contribution is 5.81. The molecule has 1 aromatic rings. The van der Waals surface area contributed by atoms with Crippen LogP contribution in [0.25, 0.3) is 0 Å². The van der Waals surface area contributed by atoms with Crippen molar-refractivity contribution in [1.82, 2.24) is 10.2 Å². The van der Waals surface area contributed by atoms with Gasteiger partial charge in [-0.25, -0.2) is 0 Å². The third kappa shape index (κ3) is 5.30. The zero-order valence-corrected chi connectivity index (χ0v) is 14.3. The van der Waals surface area contributed by atoms with E-state index < -0.39 is 6.04 Å². The van der Waals surface area contributed by atoms with Crippen molar-refractivity contribution in [1.29, 1.82) is 0 Å². The average molecular weight is 319 g/mol. The van der Waals surface area contributed by atoms with Crippen molar-refractivity contribution in [3.05, 3.63) is 35.4 Å². The van der Waals surface area contributed by atoms with Crippen LogP contribution in [0.15, 0.2) is 24.3 Å². The number of nitrogens with zero attached hydrogens (tertiary/aromatic N) is 1. The highest BCUT2D eigenvalue weighted by atomic mass is 16.5. The van der Waals surface area contributed by atoms with Gasteiger partial charge in [0.25, 0.3) is 0 Å². The summed E-state index contributed by atoms with van der Waals surface area (Å²) in [6.07, 6.45) is 3.87. The van der Waals surface area contributed by atoms with Gasteiger partial charge in [-0.1, -0.05) is 30.7 Å². The van der Waals surface area contributed by atoms with E-state index in [0.717, 1.165) is 18.7 Å². The molecule has 1 aliphatic rings. The number of benzene rings is 1. The first-order chi connectivity index (χ1) is 11.1. The van der Waals surface area contributed by atoms with Gasteiger partial charge in [-0.15, -0.1) is 0 Å². The fourth-order valence-corrected chi connectivity index (χ4v) is 3.06. The molecule has 0 bridgehead atoms. The molecule has 2 atom stereocenters. The predicted octanol–water partition coefficient (Wildman–Crippen LogP) is 1.65. The number of nitrogens with two attached hydrogens (primary N) is 1. The molecular formula is C18H29N3O2. The van der Waals surface area contributed by atoms with Gasteiger partial charge >= 0.3 is 0 Å². The summed E-state index contributed by atoms with van der Waals surface area (Å²) in [4.78, 5) is 14.5. The van der Waals surface area contributed by atoms with E-state index >= 15 is 0 Å².